The van der Waals surface area contributed by atoms with Gasteiger partial charge in [-0.2, -0.15) is 0 Å². The number of hydrogen-bond acceptors (Lipinski definition) is 5. The minimum atomic E-state index is -0.128. The van der Waals surface area contributed by atoms with Crippen LogP contribution in [0.3, 0.4) is 0 Å². The van der Waals surface area contributed by atoms with E-state index in [2.05, 4.69) is 20.6 Å². The van der Waals surface area contributed by atoms with Crippen molar-refractivity contribution in [2.75, 3.05) is 18.5 Å². The monoisotopic (exact) mass is 302 g/mol. The zero-order valence-corrected chi connectivity index (χ0v) is 13.1. The van der Waals surface area contributed by atoms with E-state index in [0.717, 1.165) is 43.0 Å². The first-order chi connectivity index (χ1) is 10.6. The molecule has 0 unspecified atom stereocenters. The number of pyridine rings is 1. The van der Waals surface area contributed by atoms with Crippen LogP contribution in [0.25, 0.3) is 0 Å². The first kappa shape index (κ1) is 15.0. The zero-order chi connectivity index (χ0) is 15.5. The number of hydrogen-bond donors (Lipinski definition) is 2. The van der Waals surface area contributed by atoms with Crippen LogP contribution in [0.1, 0.15) is 37.8 Å². The van der Waals surface area contributed by atoms with Crippen LogP contribution in [-0.2, 0) is 16.1 Å². The van der Waals surface area contributed by atoms with Crippen LogP contribution in [0.5, 0.6) is 0 Å². The lowest BCUT2D eigenvalue weighted by Crippen LogP contribution is -2.36. The normalized spacial score (nSPS) is 18.0. The second-order valence-electron chi connectivity index (χ2n) is 6.02. The minimum Gasteiger partial charge on any atom is -0.381 e. The average molecular weight is 302 g/mol. The van der Waals surface area contributed by atoms with Crippen LogP contribution in [-0.4, -0.2) is 41.9 Å². The van der Waals surface area contributed by atoms with E-state index in [0.29, 0.717) is 18.3 Å². The van der Waals surface area contributed by atoms with Gasteiger partial charge in [0.05, 0.1) is 12.1 Å². The quantitative estimate of drug-likeness (QED) is 0.884. The van der Waals surface area contributed by atoms with Crippen molar-refractivity contribution < 1.29 is 9.53 Å². The molecule has 1 fully saturated rings. The molecule has 0 atom stereocenters. The summed E-state index contributed by atoms with van der Waals surface area (Å²) in [5.74, 6) is 0.635. The molecule has 0 spiro atoms. The highest BCUT2D eigenvalue weighted by atomic mass is 16.5. The molecule has 6 heteroatoms. The van der Waals surface area contributed by atoms with Gasteiger partial charge in [-0.25, -0.2) is 4.98 Å². The van der Waals surface area contributed by atoms with Gasteiger partial charge in [0, 0.05) is 31.5 Å². The Labute approximate surface area is 130 Å². The SMILES string of the molecule is CC(C)NC(=O)C1=NCc2ccnc(NC3CCOCC3)c21. The molecular formula is C16H22N4O2. The third-order valence-corrected chi connectivity index (χ3v) is 3.88. The molecule has 1 amide bonds. The van der Waals surface area contributed by atoms with Gasteiger partial charge in [-0.1, -0.05) is 0 Å². The molecule has 22 heavy (non-hydrogen) atoms. The molecule has 3 heterocycles. The fourth-order valence-electron chi connectivity index (χ4n) is 2.80. The van der Waals surface area contributed by atoms with E-state index >= 15 is 0 Å². The molecule has 118 valence electrons. The van der Waals surface area contributed by atoms with Gasteiger partial charge in [-0.3, -0.25) is 9.79 Å². The van der Waals surface area contributed by atoms with Crippen LogP contribution in [0.15, 0.2) is 17.3 Å². The molecule has 6 nitrogen and oxygen atoms in total. The van der Waals surface area contributed by atoms with Gasteiger partial charge in [0.2, 0.25) is 0 Å². The third-order valence-electron chi connectivity index (χ3n) is 3.88. The van der Waals surface area contributed by atoms with E-state index in [9.17, 15) is 4.79 Å². The zero-order valence-electron chi connectivity index (χ0n) is 13.1. The molecule has 0 aliphatic carbocycles. The van der Waals surface area contributed by atoms with Crippen molar-refractivity contribution in [3.05, 3.63) is 23.4 Å². The van der Waals surface area contributed by atoms with E-state index in [1.165, 1.54) is 0 Å². The summed E-state index contributed by atoms with van der Waals surface area (Å²) in [5.41, 5.74) is 2.40. The second-order valence-corrected chi connectivity index (χ2v) is 6.02. The van der Waals surface area contributed by atoms with Gasteiger partial charge in [0.1, 0.15) is 11.5 Å². The Morgan fingerprint density at radius 1 is 1.36 bits per heavy atom. The van der Waals surface area contributed by atoms with Crippen LogP contribution >= 0.6 is 0 Å². The Morgan fingerprint density at radius 3 is 2.86 bits per heavy atom. The minimum absolute atomic E-state index is 0.0859. The van der Waals surface area contributed by atoms with Crippen LogP contribution in [0.2, 0.25) is 0 Å². The number of ether oxygens (including phenoxy) is 1. The molecule has 0 saturated carbocycles. The highest BCUT2D eigenvalue weighted by Gasteiger charge is 2.27. The number of aromatic nitrogens is 1. The molecule has 0 aromatic carbocycles. The molecule has 1 aromatic rings. The maximum absolute atomic E-state index is 12.3. The van der Waals surface area contributed by atoms with Crippen LogP contribution < -0.4 is 10.6 Å². The topological polar surface area (TPSA) is 75.6 Å². The first-order valence-corrected chi connectivity index (χ1v) is 7.83. The van der Waals surface area contributed by atoms with E-state index < -0.39 is 0 Å². The van der Waals surface area contributed by atoms with Gasteiger partial charge in [-0.05, 0) is 38.3 Å². The number of aliphatic imine (C=N–C) groups is 1. The molecule has 1 saturated heterocycles. The van der Waals surface area contributed by atoms with Crippen molar-refractivity contribution >= 4 is 17.4 Å². The predicted octanol–water partition coefficient (Wildman–Crippen LogP) is 1.50. The average Bonchev–Trinajstić information content (AvgIpc) is 2.93. The van der Waals surface area contributed by atoms with E-state index in [4.69, 9.17) is 4.74 Å². The summed E-state index contributed by atoms with van der Waals surface area (Å²) in [6.45, 7) is 5.96. The summed E-state index contributed by atoms with van der Waals surface area (Å²) in [5, 5.41) is 6.38. The van der Waals surface area contributed by atoms with Crippen molar-refractivity contribution in [2.45, 2.75) is 45.3 Å². The number of amides is 1. The van der Waals surface area contributed by atoms with Crippen LogP contribution in [0, 0.1) is 0 Å². The summed E-state index contributed by atoms with van der Waals surface area (Å²) in [7, 11) is 0. The Morgan fingerprint density at radius 2 is 2.14 bits per heavy atom. The van der Waals surface area contributed by atoms with Crippen molar-refractivity contribution in [3.8, 4) is 0 Å². The third kappa shape index (κ3) is 3.11. The number of carbonyl (C=O) groups excluding carboxylic acids is 1. The Kier molecular flexibility index (Phi) is 4.38. The lowest BCUT2D eigenvalue weighted by molar-refractivity contribution is -0.115. The van der Waals surface area contributed by atoms with E-state index in [-0.39, 0.29) is 11.9 Å². The number of nitrogens with zero attached hydrogens (tertiary/aromatic N) is 2. The smallest absolute Gasteiger partial charge is 0.270 e. The molecule has 2 N–H and O–H groups in total. The fourth-order valence-corrected chi connectivity index (χ4v) is 2.80. The number of anilines is 1. The van der Waals surface area contributed by atoms with Crippen LogP contribution in [0.4, 0.5) is 5.82 Å². The number of rotatable bonds is 4. The lowest BCUT2D eigenvalue weighted by atomic mass is 10.0. The summed E-state index contributed by atoms with van der Waals surface area (Å²) in [4.78, 5) is 21.2. The summed E-state index contributed by atoms with van der Waals surface area (Å²) in [6, 6.07) is 2.36. The van der Waals surface area contributed by atoms with Crippen molar-refractivity contribution in [2.24, 2.45) is 4.99 Å². The van der Waals surface area contributed by atoms with Crippen molar-refractivity contribution in [1.82, 2.24) is 10.3 Å². The standard InChI is InChI=1S/C16H22N4O2/c1-10(2)19-16(21)14-13-11(9-18-14)3-6-17-15(13)20-12-4-7-22-8-5-12/h3,6,10,12H,4-5,7-9H2,1-2H3,(H,17,20)(H,19,21). The molecule has 2 aliphatic heterocycles. The number of nitrogens with one attached hydrogen (secondary N) is 2. The molecule has 1 aromatic heterocycles. The Hall–Kier alpha value is -1.95. The molecular weight excluding hydrogens is 280 g/mol. The summed E-state index contributed by atoms with van der Waals surface area (Å²) < 4.78 is 5.38. The van der Waals surface area contributed by atoms with Crippen molar-refractivity contribution in [1.29, 1.82) is 0 Å². The maximum Gasteiger partial charge on any atom is 0.270 e. The predicted molar refractivity (Wildman–Crippen MR) is 85.2 cm³/mol. The van der Waals surface area contributed by atoms with Gasteiger partial charge in [-0.15, -0.1) is 0 Å². The summed E-state index contributed by atoms with van der Waals surface area (Å²) >= 11 is 0. The van der Waals surface area contributed by atoms with Crippen molar-refractivity contribution in [3.63, 3.8) is 0 Å². The summed E-state index contributed by atoms with van der Waals surface area (Å²) in [6.07, 6.45) is 3.69. The number of fused-ring (bicyclic) bond motifs is 1. The highest BCUT2D eigenvalue weighted by molar-refractivity contribution is 6.47. The van der Waals surface area contributed by atoms with E-state index in [1.807, 2.05) is 19.9 Å². The largest absolute Gasteiger partial charge is 0.381 e. The molecule has 0 bridgehead atoms. The van der Waals surface area contributed by atoms with E-state index in [1.54, 1.807) is 6.20 Å². The first-order valence-electron chi connectivity index (χ1n) is 7.83. The van der Waals surface area contributed by atoms with Gasteiger partial charge in [0.15, 0.2) is 0 Å². The van der Waals surface area contributed by atoms with Gasteiger partial charge >= 0.3 is 0 Å². The van der Waals surface area contributed by atoms with Gasteiger partial charge in [0.25, 0.3) is 5.91 Å². The Balaban J connectivity index is 1.83. The number of carbonyl (C=O) groups is 1. The second kappa shape index (κ2) is 6.44. The molecule has 2 aliphatic rings. The molecule has 0 radical (unpaired) electrons. The lowest BCUT2D eigenvalue weighted by Gasteiger charge is -2.24. The van der Waals surface area contributed by atoms with Gasteiger partial charge < -0.3 is 15.4 Å². The highest BCUT2D eigenvalue weighted by Crippen LogP contribution is 2.26. The molecule has 3 rings (SSSR count). The fraction of sp³-hybridized carbons (Fsp3) is 0.562. The maximum atomic E-state index is 12.3. The Bertz CT molecular complexity index is 592.